The van der Waals surface area contributed by atoms with Crippen LogP contribution in [-0.4, -0.2) is 31.4 Å². The lowest BCUT2D eigenvalue weighted by molar-refractivity contribution is 0.219. The van der Waals surface area contributed by atoms with E-state index in [0.717, 1.165) is 5.75 Å². The van der Waals surface area contributed by atoms with Crippen molar-refractivity contribution in [2.24, 2.45) is 0 Å². The van der Waals surface area contributed by atoms with Crippen LogP contribution in [0.5, 0.6) is 5.75 Å². The van der Waals surface area contributed by atoms with Crippen LogP contribution in [0.4, 0.5) is 0 Å². The van der Waals surface area contributed by atoms with E-state index >= 15 is 0 Å². The molecule has 0 fully saturated rings. The quantitative estimate of drug-likeness (QED) is 0.712. The standard InChI is InChI=1S/C11H17NO2/c1-12-10(7-8-13)9-14-11-5-3-2-4-6-11/h2-6,10,12-13H,7-9H2,1H3. The van der Waals surface area contributed by atoms with E-state index in [2.05, 4.69) is 5.32 Å². The van der Waals surface area contributed by atoms with Gasteiger partial charge in [0.1, 0.15) is 12.4 Å². The molecule has 0 aromatic heterocycles. The zero-order chi connectivity index (χ0) is 10.2. The molecular weight excluding hydrogens is 178 g/mol. The largest absolute Gasteiger partial charge is 0.492 e. The maximum Gasteiger partial charge on any atom is 0.119 e. The Morgan fingerprint density at radius 3 is 2.64 bits per heavy atom. The number of aliphatic hydroxyl groups is 1. The van der Waals surface area contributed by atoms with E-state index in [-0.39, 0.29) is 12.6 Å². The second-order valence-electron chi connectivity index (χ2n) is 3.12. The topological polar surface area (TPSA) is 41.5 Å². The van der Waals surface area contributed by atoms with Crippen LogP contribution < -0.4 is 10.1 Å². The fraction of sp³-hybridized carbons (Fsp3) is 0.455. The van der Waals surface area contributed by atoms with Crippen LogP contribution in [0.15, 0.2) is 30.3 Å². The highest BCUT2D eigenvalue weighted by atomic mass is 16.5. The van der Waals surface area contributed by atoms with Gasteiger partial charge in [-0.25, -0.2) is 0 Å². The number of hydrogen-bond donors (Lipinski definition) is 2. The number of likely N-dealkylation sites (N-methyl/N-ethyl adjacent to an activating group) is 1. The van der Waals surface area contributed by atoms with Crippen molar-refractivity contribution in [3.8, 4) is 5.75 Å². The molecule has 3 nitrogen and oxygen atoms in total. The summed E-state index contributed by atoms with van der Waals surface area (Å²) in [5.41, 5.74) is 0. The fourth-order valence-corrected chi connectivity index (χ4v) is 1.18. The number of aliphatic hydroxyl groups excluding tert-OH is 1. The third-order valence-corrected chi connectivity index (χ3v) is 2.08. The lowest BCUT2D eigenvalue weighted by Gasteiger charge is -2.15. The summed E-state index contributed by atoms with van der Waals surface area (Å²) in [7, 11) is 1.87. The molecule has 14 heavy (non-hydrogen) atoms. The average Bonchev–Trinajstić information content (AvgIpc) is 2.25. The van der Waals surface area contributed by atoms with Crippen LogP contribution in [0.1, 0.15) is 6.42 Å². The molecule has 1 rings (SSSR count). The monoisotopic (exact) mass is 195 g/mol. The molecule has 0 radical (unpaired) electrons. The Bertz CT molecular complexity index is 238. The van der Waals surface area contributed by atoms with Crippen LogP contribution in [0.25, 0.3) is 0 Å². The Hall–Kier alpha value is -1.06. The van der Waals surface area contributed by atoms with Gasteiger partial charge in [0.15, 0.2) is 0 Å². The van der Waals surface area contributed by atoms with E-state index in [4.69, 9.17) is 9.84 Å². The first-order valence-electron chi connectivity index (χ1n) is 4.82. The van der Waals surface area contributed by atoms with E-state index in [1.807, 2.05) is 37.4 Å². The third-order valence-electron chi connectivity index (χ3n) is 2.08. The van der Waals surface area contributed by atoms with E-state index in [1.54, 1.807) is 0 Å². The maximum absolute atomic E-state index is 8.77. The molecule has 2 N–H and O–H groups in total. The summed E-state index contributed by atoms with van der Waals surface area (Å²) in [6, 6.07) is 9.89. The molecule has 0 aliphatic carbocycles. The number of nitrogens with one attached hydrogen (secondary N) is 1. The molecule has 1 aromatic carbocycles. The van der Waals surface area contributed by atoms with Gasteiger partial charge in [-0.15, -0.1) is 0 Å². The smallest absolute Gasteiger partial charge is 0.119 e. The summed E-state index contributed by atoms with van der Waals surface area (Å²) in [6.45, 7) is 0.769. The molecule has 0 aliphatic rings. The molecule has 0 bridgehead atoms. The minimum absolute atomic E-state index is 0.184. The summed E-state index contributed by atoms with van der Waals surface area (Å²) >= 11 is 0. The van der Waals surface area contributed by atoms with Gasteiger partial charge in [-0.1, -0.05) is 18.2 Å². The van der Waals surface area contributed by atoms with Gasteiger partial charge >= 0.3 is 0 Å². The van der Waals surface area contributed by atoms with Gasteiger partial charge < -0.3 is 15.2 Å². The van der Waals surface area contributed by atoms with Gasteiger partial charge in [0.05, 0.1) is 0 Å². The van der Waals surface area contributed by atoms with E-state index < -0.39 is 0 Å². The maximum atomic E-state index is 8.77. The van der Waals surface area contributed by atoms with E-state index in [9.17, 15) is 0 Å². The molecule has 0 saturated heterocycles. The van der Waals surface area contributed by atoms with Gasteiger partial charge in [-0.05, 0) is 25.6 Å². The predicted molar refractivity (Wildman–Crippen MR) is 56.5 cm³/mol. The van der Waals surface area contributed by atoms with Crippen LogP contribution in [-0.2, 0) is 0 Å². The van der Waals surface area contributed by atoms with Crippen molar-refractivity contribution in [3.05, 3.63) is 30.3 Å². The van der Waals surface area contributed by atoms with Gasteiger partial charge in [-0.3, -0.25) is 0 Å². The summed E-state index contributed by atoms with van der Waals surface area (Å²) in [4.78, 5) is 0. The Morgan fingerprint density at radius 1 is 1.36 bits per heavy atom. The molecule has 78 valence electrons. The predicted octanol–water partition coefficient (Wildman–Crippen LogP) is 1.04. The highest BCUT2D eigenvalue weighted by molar-refractivity contribution is 5.20. The average molecular weight is 195 g/mol. The van der Waals surface area contributed by atoms with E-state index in [0.29, 0.717) is 13.0 Å². The first-order valence-corrected chi connectivity index (χ1v) is 4.82. The van der Waals surface area contributed by atoms with Crippen LogP contribution in [0, 0.1) is 0 Å². The summed E-state index contributed by atoms with van der Waals surface area (Å²) in [5.74, 6) is 0.866. The number of benzene rings is 1. The van der Waals surface area contributed by atoms with Gasteiger partial charge in [0.25, 0.3) is 0 Å². The normalized spacial score (nSPS) is 12.4. The SMILES string of the molecule is CNC(CCO)COc1ccccc1. The molecule has 0 heterocycles. The third kappa shape index (κ3) is 3.77. The lowest BCUT2D eigenvalue weighted by Crippen LogP contribution is -2.32. The highest BCUT2D eigenvalue weighted by Crippen LogP contribution is 2.08. The van der Waals surface area contributed by atoms with Gasteiger partial charge in [-0.2, -0.15) is 0 Å². The Kier molecular flexibility index (Phi) is 5.04. The van der Waals surface area contributed by atoms with Crippen molar-refractivity contribution in [3.63, 3.8) is 0 Å². The van der Waals surface area contributed by atoms with Gasteiger partial charge in [0.2, 0.25) is 0 Å². The van der Waals surface area contributed by atoms with Crippen LogP contribution >= 0.6 is 0 Å². The zero-order valence-corrected chi connectivity index (χ0v) is 8.44. The lowest BCUT2D eigenvalue weighted by atomic mass is 10.2. The summed E-state index contributed by atoms with van der Waals surface area (Å²) < 4.78 is 5.54. The first-order chi connectivity index (χ1) is 6.86. The molecule has 1 unspecified atom stereocenters. The Labute approximate surface area is 84.7 Å². The second-order valence-corrected chi connectivity index (χ2v) is 3.12. The molecule has 0 aliphatic heterocycles. The van der Waals surface area contributed by atoms with Crippen molar-refractivity contribution in [1.29, 1.82) is 0 Å². The van der Waals surface area contributed by atoms with Crippen molar-refractivity contribution in [2.45, 2.75) is 12.5 Å². The van der Waals surface area contributed by atoms with Crippen LogP contribution in [0.2, 0.25) is 0 Å². The number of ether oxygens (including phenoxy) is 1. The summed E-state index contributed by atoms with van der Waals surface area (Å²) in [6.07, 6.45) is 0.712. The Balaban J connectivity index is 2.32. The molecule has 1 atom stereocenters. The van der Waals surface area contributed by atoms with Crippen molar-refractivity contribution < 1.29 is 9.84 Å². The number of rotatable bonds is 6. The zero-order valence-electron chi connectivity index (χ0n) is 8.44. The first kappa shape index (κ1) is 11.0. The van der Waals surface area contributed by atoms with E-state index in [1.165, 1.54) is 0 Å². The molecule has 0 amide bonds. The molecule has 0 saturated carbocycles. The minimum Gasteiger partial charge on any atom is -0.492 e. The molecule has 3 heteroatoms. The highest BCUT2D eigenvalue weighted by Gasteiger charge is 2.05. The second kappa shape index (κ2) is 6.40. The minimum atomic E-state index is 0.184. The molecular formula is C11H17NO2. The van der Waals surface area contributed by atoms with Crippen molar-refractivity contribution >= 4 is 0 Å². The molecule has 1 aromatic rings. The van der Waals surface area contributed by atoms with Crippen molar-refractivity contribution in [1.82, 2.24) is 5.32 Å². The number of para-hydroxylation sites is 1. The molecule has 0 spiro atoms. The number of hydrogen-bond acceptors (Lipinski definition) is 3. The van der Waals surface area contributed by atoms with Gasteiger partial charge in [0, 0.05) is 12.6 Å². The Morgan fingerprint density at radius 2 is 2.07 bits per heavy atom. The fourth-order valence-electron chi connectivity index (χ4n) is 1.18. The van der Waals surface area contributed by atoms with Crippen LogP contribution in [0.3, 0.4) is 0 Å². The van der Waals surface area contributed by atoms with Crippen molar-refractivity contribution in [2.75, 3.05) is 20.3 Å². The summed E-state index contributed by atoms with van der Waals surface area (Å²) in [5, 5.41) is 11.9.